The van der Waals surface area contributed by atoms with E-state index in [2.05, 4.69) is 5.11 Å². The molecule has 12 heteroatoms. The summed E-state index contributed by atoms with van der Waals surface area (Å²) in [5.74, 6) is -1.96. The Morgan fingerprint density at radius 3 is 2.12 bits per heavy atom. The molecule has 3 aliphatic rings. The van der Waals surface area contributed by atoms with Crippen LogP contribution in [0.5, 0.6) is 28.7 Å². The number of ether oxygens (including phenoxy) is 4. The fraction of sp³-hybridized carbons (Fsp3) is 0.571. The second-order valence-electron chi connectivity index (χ2n) is 12.2. The number of hydrogen-bond acceptors (Lipinski definition) is 11. The van der Waals surface area contributed by atoms with E-state index in [0.717, 1.165) is 0 Å². The molecule has 2 aromatic rings. The van der Waals surface area contributed by atoms with Crippen molar-refractivity contribution in [2.75, 3.05) is 6.61 Å². The van der Waals surface area contributed by atoms with Crippen molar-refractivity contribution in [3.05, 3.63) is 41.5 Å². The Morgan fingerprint density at radius 2 is 1.50 bits per heavy atom. The van der Waals surface area contributed by atoms with Crippen LogP contribution >= 0.6 is 0 Å². The molecule has 5 unspecified atom stereocenters. The van der Waals surface area contributed by atoms with Crippen molar-refractivity contribution in [3.8, 4) is 28.7 Å². The predicted molar refractivity (Wildman–Crippen MR) is 134 cm³/mol. The Kier molecular flexibility index (Phi) is 4.44. The summed E-state index contributed by atoms with van der Waals surface area (Å²) in [6.45, 7) is 10.8. The second-order valence-corrected chi connectivity index (χ2v) is 16.0. The Labute approximate surface area is 258 Å². The van der Waals surface area contributed by atoms with Gasteiger partial charge in [-0.25, -0.2) is 0 Å². The molecule has 0 bridgehead atoms. The molecular formula is C28H35HgO11. The number of hydrogen-bond donors (Lipinski definition) is 7. The second kappa shape index (κ2) is 8.15. The maximum atomic E-state index is 8.41. The van der Waals surface area contributed by atoms with Gasteiger partial charge in [-0.1, -0.05) is 0 Å². The number of rotatable bonds is 9. The van der Waals surface area contributed by atoms with Crippen LogP contribution in [0, 0.1) is 0 Å². The van der Waals surface area contributed by atoms with E-state index in [1.165, 1.54) is 38.1 Å². The number of phenols is 4. The normalized spacial score (nSPS) is 48.1. The maximum absolute atomic E-state index is 8.41. The molecule has 2 fully saturated rings. The Morgan fingerprint density at radius 1 is 0.775 bits per heavy atom. The molecule has 215 valence electrons. The molecule has 0 saturated carbocycles. The Balaban J connectivity index is 1.89. The van der Waals surface area contributed by atoms with Crippen LogP contribution in [-0.2, 0) is 51.5 Å². The summed E-state index contributed by atoms with van der Waals surface area (Å²) >= 11 is -0.553. The summed E-state index contributed by atoms with van der Waals surface area (Å²) in [7, 11) is 0. The Bertz CT molecular complexity index is 1560. The molecule has 40 heavy (non-hydrogen) atoms. The minimum atomic E-state index is -1.89. The SMILES string of the molecule is [2H]OCC1(C)OC2(C)O[C@@]3([Hg])[C@@](C)(OC2(C)C(C)(O[2H])C1(C)O[2H])c1c(O[2H])cc(O[2H])cc1O[C@]3(C)c1ccc(O[2H])c(O[2H])c1. The van der Waals surface area contributed by atoms with Crippen molar-refractivity contribution >= 4 is 0 Å². The molecule has 2 saturated heterocycles. The van der Waals surface area contributed by atoms with Gasteiger partial charge in [-0.2, -0.15) is 0 Å². The molecule has 2 aromatic carbocycles. The van der Waals surface area contributed by atoms with E-state index in [1.54, 1.807) is 40.7 Å². The van der Waals surface area contributed by atoms with E-state index >= 15 is 0 Å². The first kappa shape index (κ1) is 21.8. The number of benzene rings is 2. The summed E-state index contributed by atoms with van der Waals surface area (Å²) in [5, 5.41) is 34.9. The van der Waals surface area contributed by atoms with Crippen LogP contribution in [0.1, 0.15) is 59.6 Å². The number of aliphatic hydroxyl groups is 3. The van der Waals surface area contributed by atoms with Crippen LogP contribution in [0.2, 0.25) is 0 Å². The van der Waals surface area contributed by atoms with Crippen LogP contribution in [-0.4, -0.2) is 83.7 Å². The van der Waals surface area contributed by atoms with E-state index in [4.69, 9.17) is 59.6 Å². The third-order valence-corrected chi connectivity index (χ3v) is 15.8. The summed E-state index contributed by atoms with van der Waals surface area (Å²) < 4.78 is 81.2. The first-order valence-electron chi connectivity index (χ1n) is 15.6. The molecule has 0 spiro atoms. The van der Waals surface area contributed by atoms with Gasteiger partial charge in [0.2, 0.25) is 0 Å². The molecule has 0 amide bonds. The fourth-order valence-corrected chi connectivity index (χ4v) is 9.85. The topological polar surface area (TPSA) is 179 Å². The standard InChI is InChI=1S/C28H35O11.Hg/c1-22(13-29)25(4,34)26(5,35)27(6)28(7,38-22)37-21-23(2,14-8-9-16(31)17(32)10-14)36-19-12-15(30)11-18(33)20(19)24(21,3)39-27;/h8-12,29-35H,13H2,1-7H3;/t22?,23-,24+,25?,26?,27?,28?;/m1./s1/i29D,34D,35D;/hD4. The van der Waals surface area contributed by atoms with Crippen LogP contribution in [0.15, 0.2) is 30.3 Å². The van der Waals surface area contributed by atoms with E-state index < -0.39 is 75.2 Å². The van der Waals surface area contributed by atoms with Crippen LogP contribution in [0.4, 0.5) is 0 Å². The zero-order valence-corrected chi connectivity index (χ0v) is 28.8. The van der Waals surface area contributed by atoms with Gasteiger partial charge in [-0.15, -0.1) is 0 Å². The first-order valence-corrected chi connectivity index (χ1v) is 15.5. The van der Waals surface area contributed by atoms with E-state index in [0.29, 0.717) is 5.56 Å². The van der Waals surface area contributed by atoms with Crippen molar-refractivity contribution in [2.45, 2.75) is 91.0 Å². The van der Waals surface area contributed by atoms with Gasteiger partial charge in [0.25, 0.3) is 0 Å². The van der Waals surface area contributed by atoms with Gasteiger partial charge >= 0.3 is 259 Å². The number of aliphatic hydroxyl groups excluding tert-OH is 1. The van der Waals surface area contributed by atoms with Crippen molar-refractivity contribution in [1.82, 2.24) is 0 Å². The average Bonchev–Trinajstić information content (AvgIpc) is 3.04. The molecule has 3 heterocycles. The van der Waals surface area contributed by atoms with Gasteiger partial charge in [0.1, 0.15) is 0 Å². The zero-order chi connectivity index (χ0) is 35.1. The van der Waals surface area contributed by atoms with E-state index in [1.807, 2.05) is 0 Å². The number of phenolic OH excluding ortho intramolecular Hbond substituents is 4. The van der Waals surface area contributed by atoms with Gasteiger partial charge in [0, 0.05) is 0 Å². The van der Waals surface area contributed by atoms with E-state index in [9.17, 15) is 0 Å². The average molecular weight is 755 g/mol. The van der Waals surface area contributed by atoms with Crippen molar-refractivity contribution in [1.29, 1.82) is 10.0 Å². The fourth-order valence-electron chi connectivity index (χ4n) is 6.73. The van der Waals surface area contributed by atoms with Gasteiger partial charge in [0.05, 0.1) is 0 Å². The first-order chi connectivity index (χ1) is 21.9. The molecule has 0 aliphatic carbocycles. The van der Waals surface area contributed by atoms with Crippen LogP contribution in [0.3, 0.4) is 0 Å². The number of fused-ring (bicyclic) bond motifs is 4. The molecule has 8 atom stereocenters. The van der Waals surface area contributed by atoms with Crippen molar-refractivity contribution in [3.63, 3.8) is 0 Å². The molecule has 0 radical (unpaired) electrons. The third-order valence-electron chi connectivity index (χ3n) is 10.0. The molecular weight excluding hydrogens is 713 g/mol. The molecule has 5 rings (SSSR count). The Hall–Kier alpha value is -1.86. The van der Waals surface area contributed by atoms with Gasteiger partial charge in [0.15, 0.2) is 0 Å². The predicted octanol–water partition coefficient (Wildman–Crippen LogP) is 2.08. The molecule has 7 N–H and O–H groups in total. The minimum absolute atomic E-state index is 0.00900. The molecule has 3 aliphatic heterocycles. The summed E-state index contributed by atoms with van der Waals surface area (Å²) in [6, 6.07) is 7.27. The third kappa shape index (κ3) is 3.14. The quantitative estimate of drug-likeness (QED) is 0.147. The van der Waals surface area contributed by atoms with Crippen molar-refractivity contribution in [2.24, 2.45) is 0 Å². The van der Waals surface area contributed by atoms with Gasteiger partial charge in [-0.05, 0) is 0 Å². The zero-order valence-electron chi connectivity index (χ0n) is 30.3. The summed E-state index contributed by atoms with van der Waals surface area (Å²) in [6.07, 6.45) is 0. The van der Waals surface area contributed by atoms with Crippen molar-refractivity contribution < 1.29 is 80.8 Å². The number of aromatic hydroxyl groups is 4. The molecule has 0 aromatic heterocycles. The summed E-state index contributed by atoms with van der Waals surface area (Å²) in [5.41, 5.74) is -9.71. The van der Waals surface area contributed by atoms with Gasteiger partial charge < -0.3 is 0 Å². The van der Waals surface area contributed by atoms with Crippen LogP contribution < -0.4 is 4.74 Å². The van der Waals surface area contributed by atoms with Crippen LogP contribution in [0.25, 0.3) is 0 Å². The molecule has 11 nitrogen and oxygen atoms in total. The summed E-state index contributed by atoms with van der Waals surface area (Å²) in [4.78, 5) is 0. The van der Waals surface area contributed by atoms with Gasteiger partial charge in [-0.3, -0.25) is 0 Å². The van der Waals surface area contributed by atoms with E-state index in [-0.39, 0.29) is 34.3 Å². The monoisotopic (exact) mass is 756 g/mol.